The molecule has 5 fully saturated rings. The standard InChI is InChI=1S/C50H70O7/c1-35(12-11-15-36-13-5-4-6-14-36)17-18-40(51)50-41(52)21-25-46(3,38-20-26-48(31-38)29-28-47(34-48)23-9-10-24-47)44(50)39-32-45(2,22-8-7-16-42(53)57-39)49(50,55)27-19-37-30-43(54)56-33-37/h4-6,13-14,30,35,38-41,44,51-52,55H,7,9-12,15-21,23-29,31-34H2,1-3H3/t35-,38+,39-,40+,41+,44+,45+,46+,48-,49-,50+/m1/s1. The number of esters is 2. The maximum absolute atomic E-state index is 14.1. The number of aliphatic hydroxyl groups is 3. The summed E-state index contributed by atoms with van der Waals surface area (Å²) in [7, 11) is 0. The summed E-state index contributed by atoms with van der Waals surface area (Å²) in [5.41, 5.74) is -1.61. The van der Waals surface area contributed by atoms with Crippen molar-refractivity contribution in [1.82, 2.24) is 0 Å². The number of hydrogen-bond donors (Lipinski definition) is 3. The Morgan fingerprint density at radius 2 is 1.68 bits per heavy atom. The van der Waals surface area contributed by atoms with Crippen molar-refractivity contribution in [3.63, 3.8) is 0 Å². The molecule has 8 rings (SSSR count). The molecule has 7 nitrogen and oxygen atoms in total. The van der Waals surface area contributed by atoms with Crippen LogP contribution in [0.2, 0.25) is 0 Å². The van der Waals surface area contributed by atoms with Crippen molar-refractivity contribution >= 4 is 11.9 Å². The van der Waals surface area contributed by atoms with Crippen molar-refractivity contribution < 1.29 is 34.4 Å². The first-order valence-electron chi connectivity index (χ1n) is 22.9. The highest BCUT2D eigenvalue weighted by molar-refractivity contribution is 5.85. The average molecular weight is 783 g/mol. The van der Waals surface area contributed by atoms with E-state index in [0.717, 1.165) is 50.5 Å². The zero-order valence-corrected chi connectivity index (χ0v) is 35.2. The summed E-state index contributed by atoms with van der Waals surface area (Å²) >= 11 is 0. The van der Waals surface area contributed by atoms with Gasteiger partial charge >= 0.3 is 11.9 Å². The molecule has 0 amide bonds. The van der Waals surface area contributed by atoms with E-state index in [1.807, 2.05) is 13.0 Å². The first-order valence-corrected chi connectivity index (χ1v) is 22.9. The van der Waals surface area contributed by atoms with Crippen LogP contribution < -0.4 is 0 Å². The number of hydrogen-bond acceptors (Lipinski definition) is 7. The van der Waals surface area contributed by atoms with Gasteiger partial charge in [-0.15, -0.1) is 5.92 Å². The summed E-state index contributed by atoms with van der Waals surface area (Å²) < 4.78 is 11.9. The van der Waals surface area contributed by atoms with Gasteiger partial charge in [0.2, 0.25) is 0 Å². The van der Waals surface area contributed by atoms with Gasteiger partial charge in [0.1, 0.15) is 12.7 Å². The van der Waals surface area contributed by atoms with E-state index in [-0.39, 0.29) is 31.4 Å². The lowest BCUT2D eigenvalue weighted by Gasteiger charge is -2.71. The molecule has 1 aromatic rings. The molecule has 0 aromatic heterocycles. The number of rotatable bonds is 12. The van der Waals surface area contributed by atoms with Crippen LogP contribution in [0.1, 0.15) is 161 Å². The molecule has 57 heavy (non-hydrogen) atoms. The summed E-state index contributed by atoms with van der Waals surface area (Å²) in [6.07, 6.45) is 18.5. The van der Waals surface area contributed by atoms with Crippen molar-refractivity contribution in [2.45, 2.75) is 186 Å². The Kier molecular flexibility index (Phi) is 11.3. The van der Waals surface area contributed by atoms with E-state index in [9.17, 15) is 24.9 Å². The van der Waals surface area contributed by atoms with Crippen molar-refractivity contribution in [2.24, 2.45) is 44.8 Å². The van der Waals surface area contributed by atoms with E-state index in [1.165, 1.54) is 63.0 Å². The second-order valence-electron chi connectivity index (χ2n) is 21.0. The van der Waals surface area contributed by atoms with Crippen molar-refractivity contribution in [3.8, 4) is 11.8 Å². The lowest BCUT2D eigenvalue weighted by atomic mass is 9.35. The maximum Gasteiger partial charge on any atom is 0.331 e. The fraction of sp³-hybridized carbons (Fsp3) is 0.760. The molecule has 1 aromatic carbocycles. The fourth-order valence-electron chi connectivity index (χ4n) is 14.8. The van der Waals surface area contributed by atoms with Crippen LogP contribution in [0, 0.1) is 56.7 Å². The van der Waals surface area contributed by atoms with Gasteiger partial charge < -0.3 is 24.8 Å². The summed E-state index contributed by atoms with van der Waals surface area (Å²) in [4.78, 5) is 25.9. The minimum Gasteiger partial charge on any atom is -0.462 e. The van der Waals surface area contributed by atoms with Gasteiger partial charge in [-0.25, -0.2) is 4.79 Å². The number of aryl methyl sites for hydroxylation is 1. The van der Waals surface area contributed by atoms with E-state index in [1.54, 1.807) is 0 Å². The summed E-state index contributed by atoms with van der Waals surface area (Å²) in [5, 5.41) is 40.2. The van der Waals surface area contributed by atoms with Crippen molar-refractivity contribution in [1.29, 1.82) is 0 Å². The molecule has 0 saturated heterocycles. The molecular weight excluding hydrogens is 713 g/mol. The van der Waals surface area contributed by atoms with Gasteiger partial charge in [0.15, 0.2) is 0 Å². The van der Waals surface area contributed by atoms with E-state index >= 15 is 0 Å². The highest BCUT2D eigenvalue weighted by Crippen LogP contribution is 2.74. The molecule has 0 radical (unpaired) electrons. The molecule has 5 aliphatic carbocycles. The van der Waals surface area contributed by atoms with Gasteiger partial charge in [-0.1, -0.05) is 69.4 Å². The van der Waals surface area contributed by atoms with Crippen LogP contribution in [-0.2, 0) is 25.5 Å². The Bertz CT molecular complexity index is 1740. The Hall–Kier alpha value is -2.66. The fourth-order valence-corrected chi connectivity index (χ4v) is 14.8. The topological polar surface area (TPSA) is 113 Å². The quantitative estimate of drug-likeness (QED) is 0.143. The van der Waals surface area contributed by atoms with Crippen LogP contribution in [0.4, 0.5) is 0 Å². The van der Waals surface area contributed by atoms with E-state index in [4.69, 9.17) is 9.47 Å². The predicted octanol–water partition coefficient (Wildman–Crippen LogP) is 9.19. The normalized spacial score (nSPS) is 40.6. The third kappa shape index (κ3) is 7.24. The highest BCUT2D eigenvalue weighted by atomic mass is 16.5. The van der Waals surface area contributed by atoms with Crippen LogP contribution in [0.25, 0.3) is 0 Å². The van der Waals surface area contributed by atoms with E-state index < -0.39 is 46.1 Å². The van der Waals surface area contributed by atoms with Gasteiger partial charge in [-0.3, -0.25) is 4.79 Å². The lowest BCUT2D eigenvalue weighted by molar-refractivity contribution is -0.338. The molecule has 7 heteroatoms. The summed E-state index contributed by atoms with van der Waals surface area (Å²) in [6, 6.07) is 10.6. The zero-order chi connectivity index (χ0) is 40.1. The van der Waals surface area contributed by atoms with Crippen LogP contribution in [0.15, 0.2) is 42.0 Å². The van der Waals surface area contributed by atoms with E-state index in [0.29, 0.717) is 54.8 Å². The number of fused-ring (bicyclic) bond motifs is 4. The molecule has 3 N–H and O–H groups in total. The van der Waals surface area contributed by atoms with Crippen LogP contribution in [-0.4, -0.2) is 57.8 Å². The number of carbonyl (C=O) groups is 2. The molecule has 5 saturated carbocycles. The van der Waals surface area contributed by atoms with Crippen molar-refractivity contribution in [3.05, 3.63) is 47.5 Å². The SMILES string of the molecule is C[C@H](CCCc1ccccc1)CC[C@H](O)[C@]12[C@@H](O)CC[C@@](C)([C@H]3CC[C@@]4(CCC5(CCCC5)C4)C3)[C@@H]1[C@H]1C[C@](C)(C#CCCC(=O)O1)[C@]2(O)CCC1=CC(=O)OC1. The predicted molar refractivity (Wildman–Crippen MR) is 220 cm³/mol. The smallest absolute Gasteiger partial charge is 0.331 e. The second kappa shape index (κ2) is 15.7. The minimum absolute atomic E-state index is 0.182. The largest absolute Gasteiger partial charge is 0.462 e. The molecule has 2 aliphatic heterocycles. The molecule has 2 bridgehead atoms. The molecular formula is C50H70O7. The minimum atomic E-state index is -1.66. The van der Waals surface area contributed by atoms with E-state index in [2.05, 4.69) is 50.0 Å². The first kappa shape index (κ1) is 41.1. The number of aliphatic hydroxyl groups excluding tert-OH is 2. The third-order valence-electron chi connectivity index (χ3n) is 17.7. The molecule has 2 spiro atoms. The highest BCUT2D eigenvalue weighted by Gasteiger charge is 2.78. The maximum atomic E-state index is 14.1. The zero-order valence-electron chi connectivity index (χ0n) is 35.2. The Balaban J connectivity index is 1.18. The molecule has 11 atom stereocenters. The summed E-state index contributed by atoms with van der Waals surface area (Å²) in [5.74, 6) is 6.28. The Labute approximate surface area is 342 Å². The Morgan fingerprint density at radius 3 is 2.44 bits per heavy atom. The Morgan fingerprint density at radius 1 is 0.912 bits per heavy atom. The van der Waals surface area contributed by atoms with Gasteiger partial charge in [-0.05, 0) is 149 Å². The van der Waals surface area contributed by atoms with Gasteiger partial charge in [-0.2, -0.15) is 0 Å². The van der Waals surface area contributed by atoms with Crippen molar-refractivity contribution in [2.75, 3.05) is 6.61 Å². The number of cyclic esters (lactones) is 1. The monoisotopic (exact) mass is 783 g/mol. The summed E-state index contributed by atoms with van der Waals surface area (Å²) in [6.45, 7) is 6.80. The third-order valence-corrected chi connectivity index (χ3v) is 17.7. The van der Waals surface area contributed by atoms with Crippen LogP contribution in [0.3, 0.4) is 0 Å². The molecule has 0 unspecified atom stereocenters. The molecule has 7 aliphatic rings. The average Bonchev–Trinajstić information content (AvgIpc) is 4.01. The van der Waals surface area contributed by atoms with Gasteiger partial charge in [0.05, 0.1) is 35.1 Å². The number of benzene rings is 1. The van der Waals surface area contributed by atoms with Gasteiger partial charge in [0.25, 0.3) is 0 Å². The number of carbonyl (C=O) groups excluding carboxylic acids is 2. The lowest BCUT2D eigenvalue weighted by Crippen LogP contribution is -2.79. The molecule has 312 valence electrons. The number of ether oxygens (including phenoxy) is 2. The van der Waals surface area contributed by atoms with Crippen LogP contribution >= 0.6 is 0 Å². The second-order valence-corrected chi connectivity index (χ2v) is 21.0. The van der Waals surface area contributed by atoms with Crippen LogP contribution in [0.5, 0.6) is 0 Å². The molecule has 2 heterocycles. The van der Waals surface area contributed by atoms with Gasteiger partial charge in [0, 0.05) is 24.8 Å². The first-order chi connectivity index (χ1) is 27.3.